The van der Waals surface area contributed by atoms with Crippen molar-refractivity contribution in [2.45, 2.75) is 50.5 Å². The first-order chi connectivity index (χ1) is 14.2. The zero-order chi connectivity index (χ0) is 21.9. The van der Waals surface area contributed by atoms with E-state index in [0.29, 0.717) is 12.6 Å². The molecule has 30 heavy (non-hydrogen) atoms. The molecule has 7 nitrogen and oxygen atoms in total. The highest BCUT2D eigenvalue weighted by Gasteiger charge is 2.38. The molecule has 1 amide bonds. The molecule has 0 saturated heterocycles. The third-order valence-electron chi connectivity index (χ3n) is 5.33. The van der Waals surface area contributed by atoms with Crippen LogP contribution >= 0.6 is 11.3 Å². The Bertz CT molecular complexity index is 878. The Kier molecular flexibility index (Phi) is 6.81. The molecule has 3 heterocycles. The molecule has 1 atom stereocenters. The summed E-state index contributed by atoms with van der Waals surface area (Å²) in [6, 6.07) is 4.71. The van der Waals surface area contributed by atoms with E-state index in [0.717, 1.165) is 24.5 Å². The van der Waals surface area contributed by atoms with E-state index in [4.69, 9.17) is 9.90 Å². The number of aliphatic carboxylic acids is 1. The maximum atomic E-state index is 12.8. The molecule has 0 aromatic carbocycles. The Hall–Kier alpha value is -2.40. The summed E-state index contributed by atoms with van der Waals surface area (Å²) >= 11 is 1.68. The number of hydrogen-bond acceptors (Lipinski definition) is 5. The number of carbonyl (C=O) groups excluding carboxylic acids is 1. The van der Waals surface area contributed by atoms with Gasteiger partial charge in [-0.05, 0) is 24.3 Å². The number of nitrogens with one attached hydrogen (secondary N) is 1. The number of hydrogen-bond donors (Lipinski definition) is 2. The lowest BCUT2D eigenvalue weighted by Gasteiger charge is -2.41. The summed E-state index contributed by atoms with van der Waals surface area (Å²) in [5, 5.41) is 12.3. The van der Waals surface area contributed by atoms with Gasteiger partial charge in [0.25, 0.3) is 0 Å². The molecule has 0 spiro atoms. The van der Waals surface area contributed by atoms with Gasteiger partial charge in [-0.15, -0.1) is 11.3 Å². The molecule has 1 saturated carbocycles. The number of carboxylic acids is 1. The highest BCUT2D eigenvalue weighted by molar-refractivity contribution is 7.09. The number of fused-ring (bicyclic) bond motifs is 1. The largest absolute Gasteiger partial charge is 0.490 e. The van der Waals surface area contributed by atoms with Crippen LogP contribution in [0.25, 0.3) is 0 Å². The lowest BCUT2D eigenvalue weighted by molar-refractivity contribution is -0.192. The molecule has 0 bridgehead atoms. The van der Waals surface area contributed by atoms with E-state index in [2.05, 4.69) is 21.3 Å². The average molecular weight is 444 g/mol. The Morgan fingerprint density at radius 2 is 2.07 bits per heavy atom. The van der Waals surface area contributed by atoms with Gasteiger partial charge in [0.05, 0.1) is 30.2 Å². The number of thiophene rings is 1. The fourth-order valence-electron chi connectivity index (χ4n) is 3.58. The molecule has 1 unspecified atom stereocenters. The first kappa shape index (κ1) is 22.3. The van der Waals surface area contributed by atoms with E-state index in [1.807, 2.05) is 29.4 Å². The van der Waals surface area contributed by atoms with Crippen LogP contribution < -0.4 is 5.32 Å². The van der Waals surface area contributed by atoms with Crippen molar-refractivity contribution < 1.29 is 27.9 Å². The molecule has 1 aliphatic heterocycles. The molecule has 0 radical (unpaired) electrons. The van der Waals surface area contributed by atoms with Crippen LogP contribution in [-0.4, -0.2) is 50.2 Å². The summed E-state index contributed by atoms with van der Waals surface area (Å²) in [5.74, 6) is -2.76. The molecule has 2 aromatic heterocycles. The monoisotopic (exact) mass is 444 g/mol. The average Bonchev–Trinajstić information content (AvgIpc) is 3.27. The zero-order valence-corrected chi connectivity index (χ0v) is 17.2. The van der Waals surface area contributed by atoms with Crippen LogP contribution in [0.1, 0.15) is 41.4 Å². The number of aromatic nitrogens is 2. The van der Waals surface area contributed by atoms with E-state index in [-0.39, 0.29) is 11.8 Å². The van der Waals surface area contributed by atoms with Crippen LogP contribution in [0.5, 0.6) is 0 Å². The van der Waals surface area contributed by atoms with Gasteiger partial charge >= 0.3 is 12.1 Å². The van der Waals surface area contributed by atoms with E-state index in [1.54, 1.807) is 11.3 Å². The molecule has 2 aliphatic rings. The minimum absolute atomic E-state index is 0.118. The number of carbonyl (C=O) groups is 2. The van der Waals surface area contributed by atoms with E-state index < -0.39 is 12.1 Å². The van der Waals surface area contributed by atoms with Gasteiger partial charge in [-0.3, -0.25) is 9.69 Å². The maximum Gasteiger partial charge on any atom is 0.490 e. The molecule has 11 heteroatoms. The Morgan fingerprint density at radius 3 is 2.60 bits per heavy atom. The quantitative estimate of drug-likeness (QED) is 0.757. The van der Waals surface area contributed by atoms with Crippen molar-refractivity contribution in [3.8, 4) is 0 Å². The topological polar surface area (TPSA) is 87.5 Å². The van der Waals surface area contributed by atoms with Gasteiger partial charge in [-0.25, -0.2) is 9.78 Å². The van der Waals surface area contributed by atoms with Crippen molar-refractivity contribution in [1.29, 1.82) is 0 Å². The lowest BCUT2D eigenvalue weighted by Crippen LogP contribution is -2.48. The highest BCUT2D eigenvalue weighted by atomic mass is 32.1. The van der Waals surface area contributed by atoms with Crippen molar-refractivity contribution in [3.05, 3.63) is 40.1 Å². The number of aryl methyl sites for hydroxylation is 1. The Balaban J connectivity index is 0.000000318. The molecular formula is C19H23F3N4O3S. The van der Waals surface area contributed by atoms with Crippen LogP contribution in [0.4, 0.5) is 13.2 Å². The molecule has 2 aromatic rings. The van der Waals surface area contributed by atoms with Crippen LogP contribution in [0.15, 0.2) is 23.8 Å². The molecule has 164 valence electrons. The molecule has 2 N–H and O–H groups in total. The predicted octanol–water partition coefficient (Wildman–Crippen LogP) is 2.88. The summed E-state index contributed by atoms with van der Waals surface area (Å²) in [6.07, 6.45) is 0.581. The second-order valence-electron chi connectivity index (χ2n) is 7.35. The second kappa shape index (κ2) is 9.17. The third-order valence-corrected chi connectivity index (χ3v) is 6.21. The SMILES string of the molecule is Cn1cnc2c1C(C(=O)NCc1cccs1)CN(C1CCC1)C2.O=C(O)C(F)(F)F. The predicted molar refractivity (Wildman–Crippen MR) is 104 cm³/mol. The Morgan fingerprint density at radius 1 is 1.37 bits per heavy atom. The summed E-state index contributed by atoms with van der Waals surface area (Å²) in [4.78, 5) is 29.9. The number of nitrogens with zero attached hydrogens (tertiary/aromatic N) is 3. The van der Waals surface area contributed by atoms with Gasteiger partial charge in [-0.1, -0.05) is 12.5 Å². The van der Waals surface area contributed by atoms with Gasteiger partial charge in [-0.2, -0.15) is 13.2 Å². The van der Waals surface area contributed by atoms with Crippen LogP contribution in [-0.2, 0) is 29.7 Å². The van der Waals surface area contributed by atoms with Crippen molar-refractivity contribution in [2.24, 2.45) is 7.05 Å². The number of imidazole rings is 1. The van der Waals surface area contributed by atoms with Crippen LogP contribution in [0.3, 0.4) is 0 Å². The van der Waals surface area contributed by atoms with E-state index in [9.17, 15) is 18.0 Å². The first-order valence-corrected chi connectivity index (χ1v) is 10.4. The normalized spacial score (nSPS) is 19.3. The van der Waals surface area contributed by atoms with Crippen molar-refractivity contribution in [3.63, 3.8) is 0 Å². The fraction of sp³-hybridized carbons (Fsp3) is 0.526. The summed E-state index contributed by atoms with van der Waals surface area (Å²) in [5.41, 5.74) is 2.16. The minimum Gasteiger partial charge on any atom is -0.475 e. The zero-order valence-electron chi connectivity index (χ0n) is 16.4. The summed E-state index contributed by atoms with van der Waals surface area (Å²) in [7, 11) is 1.99. The van der Waals surface area contributed by atoms with Gasteiger partial charge < -0.3 is 15.0 Å². The second-order valence-corrected chi connectivity index (χ2v) is 8.39. The molecule has 1 aliphatic carbocycles. The summed E-state index contributed by atoms with van der Waals surface area (Å²) < 4.78 is 33.8. The molecule has 4 rings (SSSR count). The maximum absolute atomic E-state index is 12.8. The van der Waals surface area contributed by atoms with Crippen molar-refractivity contribution in [2.75, 3.05) is 6.54 Å². The van der Waals surface area contributed by atoms with Gasteiger partial charge in [0.1, 0.15) is 0 Å². The third kappa shape index (κ3) is 5.20. The van der Waals surface area contributed by atoms with Crippen molar-refractivity contribution in [1.82, 2.24) is 19.8 Å². The highest BCUT2D eigenvalue weighted by Crippen LogP contribution is 2.34. The number of alkyl halides is 3. The number of rotatable bonds is 4. The number of halogens is 3. The van der Waals surface area contributed by atoms with Gasteiger partial charge in [0.15, 0.2) is 0 Å². The van der Waals surface area contributed by atoms with Crippen LogP contribution in [0, 0.1) is 0 Å². The molecular weight excluding hydrogens is 421 g/mol. The summed E-state index contributed by atoms with van der Waals surface area (Å²) in [6.45, 7) is 2.31. The lowest BCUT2D eigenvalue weighted by atomic mass is 9.87. The minimum atomic E-state index is -5.08. The Labute approximate surface area is 175 Å². The first-order valence-electron chi connectivity index (χ1n) is 9.51. The fourth-order valence-corrected chi connectivity index (χ4v) is 4.23. The van der Waals surface area contributed by atoms with Crippen molar-refractivity contribution >= 4 is 23.2 Å². The van der Waals surface area contributed by atoms with Crippen LogP contribution in [0.2, 0.25) is 0 Å². The standard InChI is InChI=1S/C17H22N4OS.C2HF3O2/c1-20-11-19-15-10-21(12-4-2-5-12)9-14(16(15)20)17(22)18-8-13-6-3-7-23-13;3-2(4,5)1(6)7/h3,6-7,11-12,14H,2,4-5,8-10H2,1H3,(H,18,22);(H,6,7). The van der Waals surface area contributed by atoms with Gasteiger partial charge in [0.2, 0.25) is 5.91 Å². The number of carboxylic acid groups (broad SMARTS) is 1. The van der Waals surface area contributed by atoms with E-state index >= 15 is 0 Å². The molecule has 1 fully saturated rings. The van der Waals surface area contributed by atoms with Gasteiger partial charge in [0, 0.05) is 31.1 Å². The van der Waals surface area contributed by atoms with E-state index in [1.165, 1.54) is 24.1 Å². The smallest absolute Gasteiger partial charge is 0.475 e. The number of amides is 1.